The van der Waals surface area contributed by atoms with E-state index in [0.29, 0.717) is 19.9 Å². The third-order valence-electron chi connectivity index (χ3n) is 4.51. The topological polar surface area (TPSA) is 79.5 Å². The molecule has 3 rings (SSSR count). The van der Waals surface area contributed by atoms with Gasteiger partial charge in [0, 0.05) is 18.7 Å². The number of aromatic nitrogens is 2. The molecule has 2 aromatic carbocycles. The summed E-state index contributed by atoms with van der Waals surface area (Å²) < 4.78 is 52.6. The Hall–Kier alpha value is -3.34. The highest BCUT2D eigenvalue weighted by molar-refractivity contribution is 9.10. The Balaban J connectivity index is 2.13. The summed E-state index contributed by atoms with van der Waals surface area (Å²) in [4.78, 5) is 35.9. The van der Waals surface area contributed by atoms with Gasteiger partial charge in [0.15, 0.2) is 17.8 Å². The Morgan fingerprint density at radius 2 is 1.72 bits per heavy atom. The van der Waals surface area contributed by atoms with Crippen LogP contribution in [0.1, 0.15) is 11.3 Å². The number of rotatable bonds is 6. The molecule has 0 saturated carbocycles. The average molecular weight is 513 g/mol. The van der Waals surface area contributed by atoms with Crippen molar-refractivity contribution >= 4 is 22.2 Å². The second-order valence-corrected chi connectivity index (χ2v) is 7.45. The van der Waals surface area contributed by atoms with Gasteiger partial charge in [-0.25, -0.2) is 9.36 Å². The molecule has 0 spiro atoms. The van der Waals surface area contributed by atoms with E-state index in [1.165, 1.54) is 18.2 Å². The summed E-state index contributed by atoms with van der Waals surface area (Å²) >= 11 is 3.30. The quantitative estimate of drug-likeness (QED) is 0.466. The van der Waals surface area contributed by atoms with Crippen LogP contribution in [0.25, 0.3) is 5.69 Å². The molecule has 0 fully saturated rings. The van der Waals surface area contributed by atoms with E-state index in [1.54, 1.807) is 24.3 Å². The first kappa shape index (κ1) is 23.3. The molecule has 0 aliphatic carbocycles. The van der Waals surface area contributed by atoms with Crippen molar-refractivity contribution in [2.75, 3.05) is 6.61 Å². The maximum Gasteiger partial charge on any atom is 0.432 e. The van der Waals surface area contributed by atoms with E-state index in [4.69, 9.17) is 9.47 Å². The normalized spacial score (nSPS) is 11.3. The third-order valence-corrected chi connectivity index (χ3v) is 5.17. The molecular formula is C21H16BrF3N2O5. The van der Waals surface area contributed by atoms with Gasteiger partial charge in [-0.3, -0.25) is 14.2 Å². The first-order chi connectivity index (χ1) is 15.1. The molecular weight excluding hydrogens is 497 g/mol. The van der Waals surface area contributed by atoms with Gasteiger partial charge in [0.1, 0.15) is 18.1 Å². The lowest BCUT2D eigenvalue weighted by Gasteiger charge is -2.17. The predicted molar refractivity (Wildman–Crippen MR) is 113 cm³/mol. The molecule has 0 aliphatic heterocycles. The largest absolute Gasteiger partial charge is 0.482 e. The maximum absolute atomic E-state index is 13.3. The van der Waals surface area contributed by atoms with Crippen LogP contribution >= 0.6 is 15.9 Å². The Bertz CT molecular complexity index is 1260. The minimum atomic E-state index is -4.87. The lowest BCUT2D eigenvalue weighted by molar-refractivity contribution is -0.144. The Morgan fingerprint density at radius 3 is 2.34 bits per heavy atom. The van der Waals surface area contributed by atoms with Crippen LogP contribution in [0, 0.1) is 6.92 Å². The predicted octanol–water partition coefficient (Wildman–Crippen LogP) is 4.00. The fourth-order valence-electron chi connectivity index (χ4n) is 3.09. The zero-order valence-electron chi connectivity index (χ0n) is 16.8. The molecule has 32 heavy (non-hydrogen) atoms. The van der Waals surface area contributed by atoms with Crippen molar-refractivity contribution in [1.82, 2.24) is 9.13 Å². The number of alkyl halides is 3. The van der Waals surface area contributed by atoms with Crippen LogP contribution in [0.3, 0.4) is 0 Å². The Morgan fingerprint density at radius 1 is 1.06 bits per heavy atom. The van der Waals surface area contributed by atoms with Gasteiger partial charge in [0.2, 0.25) is 0 Å². The van der Waals surface area contributed by atoms with Crippen molar-refractivity contribution in [2.45, 2.75) is 13.1 Å². The first-order valence-corrected chi connectivity index (χ1v) is 9.88. The lowest BCUT2D eigenvalue weighted by Crippen LogP contribution is -2.42. The summed E-state index contributed by atoms with van der Waals surface area (Å²) in [5.74, 6) is 0.683. The number of halogens is 4. The van der Waals surface area contributed by atoms with Crippen molar-refractivity contribution in [3.05, 3.63) is 79.0 Å². The molecule has 0 aliphatic rings. The zero-order valence-corrected chi connectivity index (χ0v) is 18.4. The smallest absolute Gasteiger partial charge is 0.432 e. The molecule has 0 atom stereocenters. The second-order valence-electron chi connectivity index (χ2n) is 6.59. The van der Waals surface area contributed by atoms with Crippen LogP contribution in [0.5, 0.6) is 17.2 Å². The summed E-state index contributed by atoms with van der Waals surface area (Å²) in [5, 5.41) is 0. The monoisotopic (exact) mass is 512 g/mol. The standard InChI is InChI=1S/C21H16BrF3N2O5/c1-12-18(21(23,24)25)26(2)20(30)27(19(12)29)13-7-8-14(22)17(11-13)32-16-6-4-3-5-15(16)31-10-9-28/h3-9,11H,10H2,1-2H3. The van der Waals surface area contributed by atoms with Gasteiger partial charge >= 0.3 is 11.9 Å². The number of carbonyl (C=O) groups is 1. The molecule has 0 N–H and O–H groups in total. The Kier molecular flexibility index (Phi) is 6.58. The van der Waals surface area contributed by atoms with Crippen molar-refractivity contribution in [3.8, 4) is 22.9 Å². The summed E-state index contributed by atoms with van der Waals surface area (Å²) in [6.07, 6.45) is -4.29. The zero-order chi connectivity index (χ0) is 23.6. The fourth-order valence-corrected chi connectivity index (χ4v) is 3.42. The minimum Gasteiger partial charge on any atom is -0.482 e. The van der Waals surface area contributed by atoms with Crippen molar-refractivity contribution in [2.24, 2.45) is 7.05 Å². The molecule has 0 amide bonds. The first-order valence-electron chi connectivity index (χ1n) is 9.09. The lowest BCUT2D eigenvalue weighted by atomic mass is 10.2. The number of ether oxygens (including phenoxy) is 2. The maximum atomic E-state index is 13.3. The number of hydrogen-bond acceptors (Lipinski definition) is 5. The van der Waals surface area contributed by atoms with E-state index in [9.17, 15) is 27.6 Å². The molecule has 11 heteroatoms. The third kappa shape index (κ3) is 4.47. The molecule has 0 unspecified atom stereocenters. The number of benzene rings is 2. The van der Waals surface area contributed by atoms with Crippen LogP contribution in [0.15, 0.2) is 56.5 Å². The van der Waals surface area contributed by atoms with Crippen LogP contribution in [-0.2, 0) is 18.0 Å². The number of aldehydes is 1. The van der Waals surface area contributed by atoms with E-state index in [0.717, 1.165) is 14.0 Å². The highest BCUT2D eigenvalue weighted by Gasteiger charge is 2.37. The molecule has 0 radical (unpaired) electrons. The summed E-state index contributed by atoms with van der Waals surface area (Å²) in [6.45, 7) is 0.815. The van der Waals surface area contributed by atoms with Gasteiger partial charge in [-0.1, -0.05) is 12.1 Å². The van der Waals surface area contributed by atoms with Crippen molar-refractivity contribution < 1.29 is 27.4 Å². The highest BCUT2D eigenvalue weighted by atomic mass is 79.9. The van der Waals surface area contributed by atoms with Gasteiger partial charge < -0.3 is 9.47 Å². The fraction of sp³-hybridized carbons (Fsp3) is 0.190. The summed E-state index contributed by atoms with van der Waals surface area (Å²) in [6, 6.07) is 10.7. The summed E-state index contributed by atoms with van der Waals surface area (Å²) in [7, 11) is 0.949. The van der Waals surface area contributed by atoms with E-state index in [1.807, 2.05) is 0 Å². The second kappa shape index (κ2) is 9.03. The van der Waals surface area contributed by atoms with Gasteiger partial charge in [-0.05, 0) is 47.1 Å². The van der Waals surface area contributed by atoms with Crippen LogP contribution in [0.4, 0.5) is 13.2 Å². The number of para-hydroxylation sites is 2. The van der Waals surface area contributed by atoms with Crippen LogP contribution < -0.4 is 20.7 Å². The Labute approximate surface area is 187 Å². The molecule has 0 bridgehead atoms. The van der Waals surface area contributed by atoms with Gasteiger partial charge in [0.05, 0.1) is 10.2 Å². The van der Waals surface area contributed by atoms with E-state index in [-0.39, 0.29) is 29.5 Å². The molecule has 1 heterocycles. The molecule has 3 aromatic rings. The van der Waals surface area contributed by atoms with Crippen LogP contribution in [-0.4, -0.2) is 22.0 Å². The molecule has 7 nitrogen and oxygen atoms in total. The van der Waals surface area contributed by atoms with Crippen molar-refractivity contribution in [3.63, 3.8) is 0 Å². The molecule has 0 saturated heterocycles. The number of carbonyl (C=O) groups excluding carboxylic acids is 1. The van der Waals surface area contributed by atoms with Crippen LogP contribution in [0.2, 0.25) is 0 Å². The van der Waals surface area contributed by atoms with E-state index >= 15 is 0 Å². The molecule has 168 valence electrons. The highest BCUT2D eigenvalue weighted by Crippen LogP contribution is 2.36. The van der Waals surface area contributed by atoms with Gasteiger partial charge in [-0.15, -0.1) is 0 Å². The summed E-state index contributed by atoms with van der Waals surface area (Å²) in [5.41, 5.74) is -4.16. The van der Waals surface area contributed by atoms with Crippen molar-refractivity contribution in [1.29, 1.82) is 0 Å². The molecule has 1 aromatic heterocycles. The number of hydrogen-bond donors (Lipinski definition) is 0. The van der Waals surface area contributed by atoms with E-state index in [2.05, 4.69) is 15.9 Å². The van der Waals surface area contributed by atoms with Gasteiger partial charge in [0.25, 0.3) is 5.56 Å². The SMILES string of the molecule is Cc1c(C(F)(F)F)n(C)c(=O)n(-c2ccc(Br)c(Oc3ccccc3OCC=O)c2)c1=O. The van der Waals surface area contributed by atoms with E-state index < -0.39 is 28.7 Å². The minimum absolute atomic E-state index is 0.0110. The average Bonchev–Trinajstić information content (AvgIpc) is 2.73. The van der Waals surface area contributed by atoms with Gasteiger partial charge in [-0.2, -0.15) is 13.2 Å². The number of nitrogens with zero attached hydrogens (tertiary/aromatic N) is 2.